The quantitative estimate of drug-likeness (QED) is 0.629. The van der Waals surface area contributed by atoms with Crippen molar-refractivity contribution in [2.75, 3.05) is 0 Å². The molecule has 2 saturated carbocycles. The maximum Gasteiger partial charge on any atom is 0.153 e. The standard InChI is InChI=1S/C18H26BOP/c19-21(15-9-3-1-4-10-15,16-11-5-2-6-12-16)18-14-8-7-13-17(18)20/h7-8,13-16H,1-6,9-12H2/q-1/p+1. The molecule has 3 rings (SSSR count). The lowest BCUT2D eigenvalue weighted by atomic mass is 9.99. The highest BCUT2D eigenvalue weighted by molar-refractivity contribution is 8.04. The highest BCUT2D eigenvalue weighted by atomic mass is 31.2. The highest BCUT2D eigenvalue weighted by Gasteiger charge is 2.41. The minimum atomic E-state index is -1.76. The molecule has 0 atom stereocenters. The van der Waals surface area contributed by atoms with Gasteiger partial charge in [-0.1, -0.05) is 25.0 Å². The van der Waals surface area contributed by atoms with Crippen LogP contribution >= 0.6 is 7.14 Å². The number of phenolic OH excluding ortho intramolecular Hbond substituents is 1. The van der Waals surface area contributed by atoms with Crippen LogP contribution in [0.5, 0.6) is 5.75 Å². The Hall–Kier alpha value is -0.485. The molecule has 2 aliphatic carbocycles. The molecule has 0 aliphatic heterocycles. The number of phenols is 1. The third kappa shape index (κ3) is 3.02. The van der Waals surface area contributed by atoms with Gasteiger partial charge >= 0.3 is 0 Å². The van der Waals surface area contributed by atoms with Crippen LogP contribution in [0.4, 0.5) is 0 Å². The minimum Gasteiger partial charge on any atom is -0.504 e. The van der Waals surface area contributed by atoms with E-state index in [1.165, 1.54) is 64.2 Å². The fraction of sp³-hybridized carbons (Fsp3) is 0.667. The van der Waals surface area contributed by atoms with Gasteiger partial charge in [0.15, 0.2) is 5.75 Å². The SMILES string of the molecule is [B-][P+](c1ccccc1O)(C1CCCCC1)C1CCCCC1. The molecule has 2 fully saturated rings. The molecule has 0 unspecified atom stereocenters. The average Bonchev–Trinajstić information content (AvgIpc) is 2.56. The zero-order valence-electron chi connectivity index (χ0n) is 13.0. The summed E-state index contributed by atoms with van der Waals surface area (Å²) in [6, 6.07) is 7.93. The van der Waals surface area contributed by atoms with E-state index in [0.717, 1.165) is 5.30 Å². The first-order valence-electron chi connectivity index (χ1n) is 8.68. The van der Waals surface area contributed by atoms with Gasteiger partial charge in [-0.25, -0.2) is 7.14 Å². The zero-order chi connectivity index (χ0) is 14.7. The number of para-hydroxylation sites is 1. The summed E-state index contributed by atoms with van der Waals surface area (Å²) in [4.78, 5) is 0. The second-order valence-corrected chi connectivity index (χ2v) is 10.5. The fourth-order valence-corrected chi connectivity index (χ4v) is 9.14. The molecule has 1 aromatic rings. The summed E-state index contributed by atoms with van der Waals surface area (Å²) >= 11 is 0. The first-order valence-corrected chi connectivity index (χ1v) is 10.7. The van der Waals surface area contributed by atoms with Crippen LogP contribution in [0.3, 0.4) is 0 Å². The summed E-state index contributed by atoms with van der Waals surface area (Å²) in [6.07, 6.45) is 13.1. The first-order chi connectivity index (χ1) is 10.2. The molecule has 3 heteroatoms. The topological polar surface area (TPSA) is 20.2 Å². The van der Waals surface area contributed by atoms with E-state index in [1.54, 1.807) is 0 Å². The van der Waals surface area contributed by atoms with Crippen LogP contribution in [0.2, 0.25) is 0 Å². The number of hydrogen-bond donors (Lipinski definition) is 1. The molecule has 21 heavy (non-hydrogen) atoms. The van der Waals surface area contributed by atoms with Crippen LogP contribution in [0.25, 0.3) is 0 Å². The predicted octanol–water partition coefficient (Wildman–Crippen LogP) is 4.78. The van der Waals surface area contributed by atoms with E-state index in [0.29, 0.717) is 17.1 Å². The molecule has 0 amide bonds. The normalized spacial score (nSPS) is 22.3. The maximum absolute atomic E-state index is 10.5. The molecule has 1 nitrogen and oxygen atoms in total. The van der Waals surface area contributed by atoms with E-state index >= 15 is 0 Å². The van der Waals surface area contributed by atoms with Crippen LogP contribution in [0, 0.1) is 0 Å². The van der Waals surface area contributed by atoms with E-state index in [4.69, 9.17) is 7.57 Å². The highest BCUT2D eigenvalue weighted by Crippen LogP contribution is 2.68. The van der Waals surface area contributed by atoms with Crippen molar-refractivity contribution in [2.45, 2.75) is 75.5 Å². The molecule has 1 aromatic carbocycles. The largest absolute Gasteiger partial charge is 0.504 e. The molecular weight excluding hydrogens is 274 g/mol. The third-order valence-electron chi connectivity index (χ3n) is 5.66. The van der Waals surface area contributed by atoms with Gasteiger partial charge in [0.1, 0.15) is 0 Å². The Bertz CT molecular complexity index is 446. The van der Waals surface area contributed by atoms with Crippen LogP contribution in [-0.2, 0) is 0 Å². The van der Waals surface area contributed by atoms with E-state index in [2.05, 4.69) is 12.1 Å². The summed E-state index contributed by atoms with van der Waals surface area (Å²) < 4.78 is 0. The van der Waals surface area contributed by atoms with Crippen LogP contribution < -0.4 is 5.30 Å². The van der Waals surface area contributed by atoms with Crippen molar-refractivity contribution in [1.29, 1.82) is 0 Å². The van der Waals surface area contributed by atoms with Crippen LogP contribution in [0.1, 0.15) is 64.2 Å². The maximum atomic E-state index is 10.5. The summed E-state index contributed by atoms with van der Waals surface area (Å²) in [5, 5.41) is 11.6. The molecule has 1 N–H and O–H groups in total. The molecule has 0 heterocycles. The molecule has 0 saturated heterocycles. The second kappa shape index (κ2) is 6.74. The van der Waals surface area contributed by atoms with E-state index in [1.807, 2.05) is 12.1 Å². The Morgan fingerprint density at radius 2 is 1.29 bits per heavy atom. The van der Waals surface area contributed by atoms with Gasteiger partial charge in [0.2, 0.25) is 0 Å². The van der Waals surface area contributed by atoms with Gasteiger partial charge in [-0.15, -0.1) is 0 Å². The summed E-state index contributed by atoms with van der Waals surface area (Å²) in [7, 11) is 5.46. The van der Waals surface area contributed by atoms with Crippen molar-refractivity contribution >= 4 is 20.0 Å². The van der Waals surface area contributed by atoms with Gasteiger partial charge in [-0.3, -0.25) is 7.57 Å². The Labute approximate surface area is 131 Å². The third-order valence-corrected chi connectivity index (χ3v) is 10.3. The van der Waals surface area contributed by atoms with Gasteiger partial charge in [0.25, 0.3) is 0 Å². The number of rotatable bonds is 3. The Kier molecular flexibility index (Phi) is 4.94. The van der Waals surface area contributed by atoms with Crippen LogP contribution in [-0.4, -0.2) is 24.0 Å². The zero-order valence-corrected chi connectivity index (χ0v) is 13.9. The van der Waals surface area contributed by atoms with Gasteiger partial charge < -0.3 is 5.11 Å². The van der Waals surface area contributed by atoms with Crippen molar-refractivity contribution in [1.82, 2.24) is 0 Å². The van der Waals surface area contributed by atoms with Crippen molar-refractivity contribution in [3.63, 3.8) is 0 Å². The first kappa shape index (κ1) is 15.4. The van der Waals surface area contributed by atoms with E-state index in [-0.39, 0.29) is 0 Å². The molecule has 2 aliphatic rings. The molecule has 3 radical (unpaired) electrons. The van der Waals surface area contributed by atoms with Gasteiger partial charge in [-0.05, 0) is 63.5 Å². The van der Waals surface area contributed by atoms with E-state index < -0.39 is 7.14 Å². The Balaban J connectivity index is 1.98. The van der Waals surface area contributed by atoms with Gasteiger partial charge in [-0.2, -0.15) is 0 Å². The predicted molar refractivity (Wildman–Crippen MR) is 94.2 cm³/mol. The smallest absolute Gasteiger partial charge is 0.153 e. The van der Waals surface area contributed by atoms with Crippen molar-refractivity contribution in [3.8, 4) is 5.75 Å². The average molecular weight is 301 g/mol. The Morgan fingerprint density at radius 3 is 1.76 bits per heavy atom. The van der Waals surface area contributed by atoms with Crippen molar-refractivity contribution in [3.05, 3.63) is 24.3 Å². The monoisotopic (exact) mass is 301 g/mol. The lowest BCUT2D eigenvalue weighted by Crippen LogP contribution is -2.34. The number of benzene rings is 1. The summed E-state index contributed by atoms with van der Waals surface area (Å²) in [6.45, 7) is 0. The van der Waals surface area contributed by atoms with E-state index in [9.17, 15) is 5.11 Å². The van der Waals surface area contributed by atoms with Crippen LogP contribution in [0.15, 0.2) is 24.3 Å². The van der Waals surface area contributed by atoms with Gasteiger partial charge in [0.05, 0.1) is 5.30 Å². The second-order valence-electron chi connectivity index (χ2n) is 6.91. The fourth-order valence-electron chi connectivity index (χ4n) is 4.50. The van der Waals surface area contributed by atoms with Crippen molar-refractivity contribution < 1.29 is 5.11 Å². The molecule has 113 valence electrons. The molecule has 0 bridgehead atoms. The molecule has 0 aromatic heterocycles. The van der Waals surface area contributed by atoms with Crippen molar-refractivity contribution in [2.24, 2.45) is 0 Å². The molecular formula is C18H27BOP. The molecule has 0 spiro atoms. The van der Waals surface area contributed by atoms with Gasteiger partial charge in [0, 0.05) is 11.3 Å². The lowest BCUT2D eigenvalue weighted by molar-refractivity contribution is 0.474. The Morgan fingerprint density at radius 1 is 0.810 bits per heavy atom. The number of aromatic hydroxyl groups is 1. The lowest BCUT2D eigenvalue weighted by Gasteiger charge is -2.52. The summed E-state index contributed by atoms with van der Waals surface area (Å²) in [5.41, 5.74) is 1.28. The number of hydrogen-bond acceptors (Lipinski definition) is 1. The minimum absolute atomic E-state index is 0.449. The summed E-state index contributed by atoms with van der Waals surface area (Å²) in [5.74, 6) is 0.449.